The summed E-state index contributed by atoms with van der Waals surface area (Å²) in [5.74, 6) is -0.0159. The number of carbonyl (C=O) groups excluding carboxylic acids is 1. The Morgan fingerprint density at radius 2 is 1.90 bits per heavy atom. The molecule has 0 aliphatic carbocycles. The van der Waals surface area contributed by atoms with Crippen molar-refractivity contribution in [3.63, 3.8) is 0 Å². The number of fused-ring (bicyclic) bond motifs is 1. The van der Waals surface area contributed by atoms with Crippen molar-refractivity contribution in [3.8, 4) is 0 Å². The number of nitrogens with one attached hydrogen (secondary N) is 2. The Bertz CT molecular complexity index is 1090. The van der Waals surface area contributed by atoms with E-state index in [9.17, 15) is 13.2 Å². The first-order valence-electron chi connectivity index (χ1n) is 8.83. The van der Waals surface area contributed by atoms with Crippen LogP contribution in [0.2, 0.25) is 10.0 Å². The molecule has 0 radical (unpaired) electrons. The minimum atomic E-state index is -3.00. The molecule has 152 valence electrons. The minimum Gasteiger partial charge on any atom is -0.348 e. The molecule has 1 amide bonds. The van der Waals surface area contributed by atoms with E-state index in [-0.39, 0.29) is 28.7 Å². The summed E-state index contributed by atoms with van der Waals surface area (Å²) >= 11 is 13.5. The van der Waals surface area contributed by atoms with Crippen LogP contribution in [0.3, 0.4) is 0 Å². The molecule has 0 aromatic heterocycles. The number of amides is 1. The van der Waals surface area contributed by atoms with Crippen molar-refractivity contribution in [2.24, 2.45) is 4.99 Å². The first kappa shape index (κ1) is 20.5. The molecule has 0 saturated carbocycles. The molecule has 2 heterocycles. The largest absolute Gasteiger partial charge is 0.348 e. The van der Waals surface area contributed by atoms with Crippen molar-refractivity contribution in [1.29, 1.82) is 0 Å². The number of amidine groups is 1. The predicted octanol–water partition coefficient (Wildman–Crippen LogP) is 3.60. The molecule has 29 heavy (non-hydrogen) atoms. The van der Waals surface area contributed by atoms with E-state index >= 15 is 0 Å². The smallest absolute Gasteiger partial charge is 0.251 e. The summed E-state index contributed by atoms with van der Waals surface area (Å²) in [6, 6.07) is 12.0. The van der Waals surface area contributed by atoms with Gasteiger partial charge in [-0.2, -0.15) is 0 Å². The van der Waals surface area contributed by atoms with Crippen LogP contribution < -0.4 is 10.6 Å². The van der Waals surface area contributed by atoms with Crippen LogP contribution in [-0.4, -0.2) is 42.3 Å². The molecule has 2 atom stereocenters. The molecule has 2 aromatic rings. The number of sulfone groups is 1. The van der Waals surface area contributed by atoms with Gasteiger partial charge in [-0.05, 0) is 35.9 Å². The van der Waals surface area contributed by atoms with Crippen molar-refractivity contribution in [1.82, 2.24) is 5.32 Å². The molecule has 2 unspecified atom stereocenters. The van der Waals surface area contributed by atoms with E-state index in [4.69, 9.17) is 23.2 Å². The Balaban J connectivity index is 1.42. The van der Waals surface area contributed by atoms with Gasteiger partial charge in [-0.15, -0.1) is 0 Å². The number of aliphatic imine (C=N–C) groups is 1. The van der Waals surface area contributed by atoms with Crippen LogP contribution in [0.4, 0.5) is 5.69 Å². The van der Waals surface area contributed by atoms with Crippen molar-refractivity contribution in [3.05, 3.63) is 63.6 Å². The molecule has 1 saturated heterocycles. The van der Waals surface area contributed by atoms with Crippen LogP contribution in [0.5, 0.6) is 0 Å². The molecule has 1 fully saturated rings. The van der Waals surface area contributed by atoms with Gasteiger partial charge in [-0.1, -0.05) is 47.1 Å². The minimum absolute atomic E-state index is 0.0628. The van der Waals surface area contributed by atoms with Crippen LogP contribution in [0.1, 0.15) is 15.9 Å². The normalized spacial score (nSPS) is 22.1. The highest BCUT2D eigenvalue weighted by molar-refractivity contribution is 8.15. The standard InChI is InChI=1S/C19H17Cl2N3O3S2/c20-13-4-1-11(2-5-13)8-22-18(25)12-3-6-14(21)15(7-12)23-19-24-16-9-29(26,27)10-17(16)28-19/h1-7,16-17H,8-10H2,(H,22,25)(H,23,24). The van der Waals surface area contributed by atoms with E-state index in [1.54, 1.807) is 30.3 Å². The van der Waals surface area contributed by atoms with Gasteiger partial charge in [0, 0.05) is 22.4 Å². The SMILES string of the molecule is O=C(NCc1ccc(Cl)cc1)c1ccc(Cl)c(NC2=NC3CS(=O)(=O)CC3S2)c1. The van der Waals surface area contributed by atoms with Crippen LogP contribution in [0.25, 0.3) is 0 Å². The maximum absolute atomic E-state index is 12.5. The number of anilines is 1. The lowest BCUT2D eigenvalue weighted by Crippen LogP contribution is -2.23. The van der Waals surface area contributed by atoms with Gasteiger partial charge in [0.15, 0.2) is 15.0 Å². The number of halogens is 2. The summed E-state index contributed by atoms with van der Waals surface area (Å²) in [5.41, 5.74) is 1.95. The molecule has 6 nitrogen and oxygen atoms in total. The van der Waals surface area contributed by atoms with Gasteiger partial charge < -0.3 is 10.6 Å². The third kappa shape index (κ3) is 4.88. The summed E-state index contributed by atoms with van der Waals surface area (Å²) in [6.07, 6.45) is 0. The van der Waals surface area contributed by atoms with Gasteiger partial charge in [0.2, 0.25) is 0 Å². The topological polar surface area (TPSA) is 87.6 Å². The van der Waals surface area contributed by atoms with Gasteiger partial charge >= 0.3 is 0 Å². The zero-order valence-corrected chi connectivity index (χ0v) is 18.2. The second kappa shape index (κ2) is 8.18. The van der Waals surface area contributed by atoms with Crippen LogP contribution in [-0.2, 0) is 16.4 Å². The summed E-state index contributed by atoms with van der Waals surface area (Å²) in [7, 11) is -3.00. The second-order valence-corrected chi connectivity index (χ2v) is 11.1. The highest BCUT2D eigenvalue weighted by Gasteiger charge is 2.42. The Kier molecular flexibility index (Phi) is 5.79. The van der Waals surface area contributed by atoms with E-state index in [2.05, 4.69) is 15.6 Å². The highest BCUT2D eigenvalue weighted by Crippen LogP contribution is 2.35. The summed E-state index contributed by atoms with van der Waals surface area (Å²) in [4.78, 5) is 17.0. The van der Waals surface area contributed by atoms with E-state index in [0.29, 0.717) is 33.0 Å². The van der Waals surface area contributed by atoms with Crippen molar-refractivity contribution in [2.75, 3.05) is 16.8 Å². The highest BCUT2D eigenvalue weighted by atomic mass is 35.5. The lowest BCUT2D eigenvalue weighted by Gasteiger charge is -2.11. The Morgan fingerprint density at radius 1 is 1.14 bits per heavy atom. The average molecular weight is 470 g/mol. The van der Waals surface area contributed by atoms with Gasteiger partial charge in [0.1, 0.15) is 0 Å². The molecular weight excluding hydrogens is 453 g/mol. The Hall–Kier alpha value is -1.74. The third-order valence-electron chi connectivity index (χ3n) is 4.65. The molecule has 0 spiro atoms. The maximum Gasteiger partial charge on any atom is 0.251 e. The van der Waals surface area contributed by atoms with Crippen molar-refractivity contribution < 1.29 is 13.2 Å². The van der Waals surface area contributed by atoms with E-state index < -0.39 is 9.84 Å². The van der Waals surface area contributed by atoms with E-state index in [0.717, 1.165) is 5.56 Å². The summed E-state index contributed by atoms with van der Waals surface area (Å²) < 4.78 is 23.4. The van der Waals surface area contributed by atoms with Crippen LogP contribution >= 0.6 is 35.0 Å². The Labute approximate surface area is 183 Å². The van der Waals surface area contributed by atoms with Crippen LogP contribution in [0, 0.1) is 0 Å². The van der Waals surface area contributed by atoms with Crippen molar-refractivity contribution >= 4 is 61.6 Å². The van der Waals surface area contributed by atoms with Gasteiger partial charge in [0.25, 0.3) is 5.91 Å². The lowest BCUT2D eigenvalue weighted by molar-refractivity contribution is 0.0951. The number of hydrogen-bond donors (Lipinski definition) is 2. The number of rotatable bonds is 4. The molecule has 4 rings (SSSR count). The molecule has 10 heteroatoms. The first-order chi connectivity index (χ1) is 13.8. The monoisotopic (exact) mass is 469 g/mol. The molecule has 2 aromatic carbocycles. The maximum atomic E-state index is 12.5. The lowest BCUT2D eigenvalue weighted by atomic mass is 10.1. The number of carbonyl (C=O) groups is 1. The molecule has 0 bridgehead atoms. The Morgan fingerprint density at radius 3 is 2.62 bits per heavy atom. The fourth-order valence-electron chi connectivity index (χ4n) is 3.18. The summed E-state index contributed by atoms with van der Waals surface area (Å²) in [6.45, 7) is 0.377. The number of nitrogens with zero attached hydrogens (tertiary/aromatic N) is 1. The molecule has 2 N–H and O–H groups in total. The third-order valence-corrected chi connectivity index (χ3v) is 8.38. The predicted molar refractivity (Wildman–Crippen MR) is 119 cm³/mol. The number of hydrogen-bond acceptors (Lipinski definition) is 6. The second-order valence-electron chi connectivity index (χ2n) is 6.86. The average Bonchev–Trinajstić information content (AvgIpc) is 3.15. The van der Waals surface area contributed by atoms with E-state index in [1.807, 2.05) is 12.1 Å². The molecular formula is C19H17Cl2N3O3S2. The van der Waals surface area contributed by atoms with Gasteiger partial charge in [-0.3, -0.25) is 9.79 Å². The van der Waals surface area contributed by atoms with Crippen molar-refractivity contribution in [2.45, 2.75) is 17.8 Å². The van der Waals surface area contributed by atoms with Gasteiger partial charge in [0.05, 0.1) is 28.3 Å². The zero-order valence-electron chi connectivity index (χ0n) is 15.1. The first-order valence-corrected chi connectivity index (χ1v) is 12.3. The number of thioether (sulfide) groups is 1. The van der Waals surface area contributed by atoms with E-state index in [1.165, 1.54) is 11.8 Å². The quantitative estimate of drug-likeness (QED) is 0.713. The van der Waals surface area contributed by atoms with Crippen LogP contribution in [0.15, 0.2) is 47.5 Å². The summed E-state index contributed by atoms with van der Waals surface area (Å²) in [5, 5.41) is 7.64. The number of benzene rings is 2. The zero-order chi connectivity index (χ0) is 20.6. The fraction of sp³-hybridized carbons (Fsp3) is 0.263. The van der Waals surface area contributed by atoms with Gasteiger partial charge in [-0.25, -0.2) is 8.42 Å². The fourth-order valence-corrected chi connectivity index (χ4v) is 7.14. The molecule has 2 aliphatic heterocycles. The molecule has 2 aliphatic rings.